The molecule has 4 heterocycles. The fourth-order valence-electron chi connectivity index (χ4n) is 4.44. The van der Waals surface area contributed by atoms with E-state index in [9.17, 15) is 13.6 Å². The zero-order valence-corrected chi connectivity index (χ0v) is 18.0. The monoisotopic (exact) mass is 461 g/mol. The van der Waals surface area contributed by atoms with Crippen molar-refractivity contribution in [1.82, 2.24) is 14.5 Å². The van der Waals surface area contributed by atoms with E-state index in [4.69, 9.17) is 16.0 Å². The Bertz CT molecular complexity index is 1820. The van der Waals surface area contributed by atoms with Gasteiger partial charge < -0.3 is 8.98 Å². The standard InChI is InChI=1S/C25H14ClF2N3O2/c1-12-4-5-19-16(7-12)20-15-3-2-6-29-24(15)33-25(32)23(20)31(19)11-13-10-30-18-9-14(27)8-17(28)21(18)22(13)26/h2-10H,11H2,1H3. The minimum Gasteiger partial charge on any atom is -0.402 e. The third-order valence-corrected chi connectivity index (χ3v) is 6.30. The van der Waals surface area contributed by atoms with E-state index in [1.807, 2.05) is 31.2 Å². The van der Waals surface area contributed by atoms with E-state index in [0.717, 1.165) is 34.0 Å². The van der Waals surface area contributed by atoms with Gasteiger partial charge in [0.15, 0.2) is 0 Å². The summed E-state index contributed by atoms with van der Waals surface area (Å²) in [6.07, 6.45) is 3.04. The van der Waals surface area contributed by atoms with Gasteiger partial charge in [0.25, 0.3) is 0 Å². The summed E-state index contributed by atoms with van der Waals surface area (Å²) in [5, 5.41) is 2.46. The molecule has 0 saturated heterocycles. The van der Waals surface area contributed by atoms with Crippen molar-refractivity contribution in [1.29, 1.82) is 0 Å². The fraction of sp³-hybridized carbons (Fsp3) is 0.0800. The van der Waals surface area contributed by atoms with Crippen LogP contribution in [0.5, 0.6) is 0 Å². The van der Waals surface area contributed by atoms with Crippen LogP contribution in [0, 0.1) is 18.6 Å². The summed E-state index contributed by atoms with van der Waals surface area (Å²) in [5.74, 6) is -1.52. The summed E-state index contributed by atoms with van der Waals surface area (Å²) in [6.45, 7) is 2.11. The lowest BCUT2D eigenvalue weighted by Crippen LogP contribution is -2.09. The zero-order valence-electron chi connectivity index (χ0n) is 17.2. The van der Waals surface area contributed by atoms with Crippen molar-refractivity contribution in [3.05, 3.63) is 93.1 Å². The molecule has 5 nitrogen and oxygen atoms in total. The molecule has 0 radical (unpaired) electrons. The SMILES string of the molecule is Cc1ccc2c(c1)c1c3cccnc3oc(=O)c1n2Cc1cnc2cc(F)cc(F)c2c1Cl. The number of halogens is 3. The molecule has 0 N–H and O–H groups in total. The van der Waals surface area contributed by atoms with Gasteiger partial charge in [0, 0.05) is 51.8 Å². The average molecular weight is 462 g/mol. The number of rotatable bonds is 2. The van der Waals surface area contributed by atoms with E-state index in [0.29, 0.717) is 16.5 Å². The van der Waals surface area contributed by atoms with Gasteiger partial charge in [-0.15, -0.1) is 0 Å². The van der Waals surface area contributed by atoms with E-state index in [1.165, 1.54) is 6.20 Å². The number of aryl methyl sites for hydroxylation is 1. The second-order valence-corrected chi connectivity index (χ2v) is 8.33. The van der Waals surface area contributed by atoms with Crippen LogP contribution in [0.4, 0.5) is 8.78 Å². The fourth-order valence-corrected chi connectivity index (χ4v) is 4.74. The molecule has 0 bridgehead atoms. The van der Waals surface area contributed by atoms with Crippen LogP contribution in [-0.2, 0) is 6.54 Å². The highest BCUT2D eigenvalue weighted by molar-refractivity contribution is 6.36. The summed E-state index contributed by atoms with van der Waals surface area (Å²) < 4.78 is 35.4. The van der Waals surface area contributed by atoms with E-state index < -0.39 is 17.3 Å². The largest absolute Gasteiger partial charge is 0.402 e. The van der Waals surface area contributed by atoms with Gasteiger partial charge in [-0.3, -0.25) is 4.98 Å². The number of pyridine rings is 2. The van der Waals surface area contributed by atoms with E-state index in [-0.39, 0.29) is 28.2 Å². The molecule has 0 spiro atoms. The highest BCUT2D eigenvalue weighted by Crippen LogP contribution is 2.35. The third-order valence-electron chi connectivity index (χ3n) is 5.87. The lowest BCUT2D eigenvalue weighted by atomic mass is 10.1. The molecule has 0 fully saturated rings. The number of fused-ring (bicyclic) bond motifs is 6. The maximum absolute atomic E-state index is 14.5. The second kappa shape index (κ2) is 7.08. The van der Waals surface area contributed by atoms with E-state index >= 15 is 0 Å². The van der Waals surface area contributed by atoms with Crippen molar-refractivity contribution >= 4 is 55.4 Å². The van der Waals surface area contributed by atoms with Crippen LogP contribution in [0.25, 0.3) is 43.8 Å². The van der Waals surface area contributed by atoms with Crippen molar-refractivity contribution in [2.45, 2.75) is 13.5 Å². The summed E-state index contributed by atoms with van der Waals surface area (Å²) in [5.41, 5.74) is 2.49. The maximum Gasteiger partial charge on any atom is 0.362 e. The first-order chi connectivity index (χ1) is 15.9. The van der Waals surface area contributed by atoms with Gasteiger partial charge in [0.1, 0.15) is 17.2 Å². The number of benzene rings is 2. The molecule has 0 saturated carbocycles. The topological polar surface area (TPSA) is 60.9 Å². The molecule has 0 amide bonds. The number of aromatic nitrogens is 3. The van der Waals surface area contributed by atoms with Crippen molar-refractivity contribution in [3.8, 4) is 0 Å². The third kappa shape index (κ3) is 2.93. The van der Waals surface area contributed by atoms with Crippen molar-refractivity contribution in [2.75, 3.05) is 0 Å². The first-order valence-corrected chi connectivity index (χ1v) is 10.5. The van der Waals surface area contributed by atoms with Crippen molar-refractivity contribution in [2.24, 2.45) is 0 Å². The first-order valence-electron chi connectivity index (χ1n) is 10.1. The summed E-state index contributed by atoms with van der Waals surface area (Å²) in [7, 11) is 0. The van der Waals surface area contributed by atoms with Crippen LogP contribution in [0.3, 0.4) is 0 Å². The van der Waals surface area contributed by atoms with Gasteiger partial charge >= 0.3 is 5.63 Å². The lowest BCUT2D eigenvalue weighted by Gasteiger charge is -2.11. The molecule has 162 valence electrons. The molecule has 33 heavy (non-hydrogen) atoms. The van der Waals surface area contributed by atoms with Crippen LogP contribution in [0.2, 0.25) is 5.02 Å². The van der Waals surface area contributed by atoms with Gasteiger partial charge in [0.05, 0.1) is 22.5 Å². The molecular weight excluding hydrogens is 448 g/mol. The van der Waals surface area contributed by atoms with Gasteiger partial charge in [-0.2, -0.15) is 0 Å². The Balaban J connectivity index is 1.69. The molecule has 0 unspecified atom stereocenters. The van der Waals surface area contributed by atoms with Gasteiger partial charge in [-0.1, -0.05) is 23.2 Å². The van der Waals surface area contributed by atoms with Crippen molar-refractivity contribution in [3.63, 3.8) is 0 Å². The zero-order chi connectivity index (χ0) is 22.9. The Morgan fingerprint density at radius 3 is 2.76 bits per heavy atom. The van der Waals surface area contributed by atoms with Crippen LogP contribution < -0.4 is 5.63 Å². The molecule has 4 aromatic heterocycles. The Morgan fingerprint density at radius 2 is 1.91 bits per heavy atom. The quantitative estimate of drug-likeness (QED) is 0.311. The van der Waals surface area contributed by atoms with Crippen LogP contribution in [0.1, 0.15) is 11.1 Å². The molecule has 6 rings (SSSR count). The lowest BCUT2D eigenvalue weighted by molar-refractivity contribution is 0.553. The normalized spacial score (nSPS) is 11.9. The number of hydrogen-bond acceptors (Lipinski definition) is 4. The Morgan fingerprint density at radius 1 is 1.06 bits per heavy atom. The first kappa shape index (κ1) is 19.8. The summed E-state index contributed by atoms with van der Waals surface area (Å²) in [6, 6.07) is 11.4. The van der Waals surface area contributed by atoms with E-state index in [2.05, 4.69) is 9.97 Å². The Hall–Kier alpha value is -3.84. The molecule has 0 aliphatic carbocycles. The molecule has 0 aliphatic rings. The molecule has 0 atom stereocenters. The molecule has 0 aliphatic heterocycles. The van der Waals surface area contributed by atoms with Crippen LogP contribution in [0.15, 0.2) is 64.1 Å². The summed E-state index contributed by atoms with van der Waals surface area (Å²) >= 11 is 6.55. The highest BCUT2D eigenvalue weighted by atomic mass is 35.5. The average Bonchev–Trinajstić information content (AvgIpc) is 3.09. The highest BCUT2D eigenvalue weighted by Gasteiger charge is 2.21. The smallest absolute Gasteiger partial charge is 0.362 e. The number of nitrogens with zero attached hydrogens (tertiary/aromatic N) is 3. The van der Waals surface area contributed by atoms with Crippen LogP contribution in [-0.4, -0.2) is 14.5 Å². The maximum atomic E-state index is 14.5. The Kier molecular flexibility index (Phi) is 4.25. The predicted molar refractivity (Wildman–Crippen MR) is 124 cm³/mol. The molecular formula is C25H14ClF2N3O2. The minimum absolute atomic E-state index is 0.0360. The molecule has 6 aromatic rings. The molecule has 2 aromatic carbocycles. The number of hydrogen-bond donors (Lipinski definition) is 0. The predicted octanol–water partition coefficient (Wildman–Crippen LogP) is 6.13. The Labute approximate surface area is 189 Å². The summed E-state index contributed by atoms with van der Waals surface area (Å²) in [4.78, 5) is 21.5. The van der Waals surface area contributed by atoms with Gasteiger partial charge in [0.2, 0.25) is 5.71 Å². The van der Waals surface area contributed by atoms with Gasteiger partial charge in [-0.05, 0) is 31.2 Å². The minimum atomic E-state index is -0.793. The second-order valence-electron chi connectivity index (χ2n) is 7.96. The molecule has 8 heteroatoms. The van der Waals surface area contributed by atoms with E-state index in [1.54, 1.807) is 16.8 Å². The van der Waals surface area contributed by atoms with Gasteiger partial charge in [-0.25, -0.2) is 18.6 Å². The van der Waals surface area contributed by atoms with Crippen LogP contribution >= 0.6 is 11.6 Å². The van der Waals surface area contributed by atoms with Crippen molar-refractivity contribution < 1.29 is 13.2 Å².